The number of fused-ring (bicyclic) bond motifs is 2. The molecule has 0 aromatic rings. The quantitative estimate of drug-likeness (QED) is 0.228. The monoisotopic (exact) mass is 478 g/mol. The van der Waals surface area contributed by atoms with Crippen LogP contribution in [0.25, 0.3) is 0 Å². The maximum atomic E-state index is 13.1. The van der Waals surface area contributed by atoms with E-state index in [1.54, 1.807) is 0 Å². The molecule has 1 saturated heterocycles. The summed E-state index contributed by atoms with van der Waals surface area (Å²) in [5.74, 6) is -0.102. The summed E-state index contributed by atoms with van der Waals surface area (Å²) in [5.41, 5.74) is -0.882. The van der Waals surface area contributed by atoms with E-state index >= 15 is 0 Å². The molecule has 1 aliphatic heterocycles. The summed E-state index contributed by atoms with van der Waals surface area (Å²) < 4.78 is 31.2. The van der Waals surface area contributed by atoms with Crippen LogP contribution in [0.2, 0.25) is 0 Å². The number of unbranched alkanes of at least 4 members (excludes halogenated alkanes) is 2. The summed E-state index contributed by atoms with van der Waals surface area (Å²) in [4.78, 5) is 26.1. The highest BCUT2D eigenvalue weighted by Gasteiger charge is 2.83. The number of carbonyl (C=O) groups is 2. The van der Waals surface area contributed by atoms with Crippen molar-refractivity contribution in [3.63, 3.8) is 0 Å². The summed E-state index contributed by atoms with van der Waals surface area (Å²) >= 11 is 0. The summed E-state index contributed by atoms with van der Waals surface area (Å²) in [6, 6.07) is 0. The van der Waals surface area contributed by atoms with Crippen molar-refractivity contribution in [1.29, 1.82) is 0 Å². The molecule has 192 valence electrons. The largest absolute Gasteiger partial charge is 0.448 e. The maximum absolute atomic E-state index is 13.1. The fourth-order valence-corrected chi connectivity index (χ4v) is 7.17. The lowest BCUT2D eigenvalue weighted by atomic mass is 9.56. The first kappa shape index (κ1) is 25.8. The first-order chi connectivity index (χ1) is 16.3. The van der Waals surface area contributed by atoms with E-state index in [4.69, 9.17) is 23.7 Å². The Kier molecular flexibility index (Phi) is 7.59. The van der Waals surface area contributed by atoms with Crippen LogP contribution in [-0.4, -0.2) is 55.9 Å². The molecule has 3 aliphatic carbocycles. The molecular formula is C27H42O7. The van der Waals surface area contributed by atoms with Crippen molar-refractivity contribution in [3.8, 4) is 0 Å². The van der Waals surface area contributed by atoms with Crippen molar-refractivity contribution in [2.24, 2.45) is 17.3 Å². The fourth-order valence-electron chi connectivity index (χ4n) is 7.17. The number of ketones is 1. The highest BCUT2D eigenvalue weighted by Crippen LogP contribution is 2.73. The van der Waals surface area contributed by atoms with Gasteiger partial charge in [-0.15, -0.1) is 0 Å². The second-order valence-corrected chi connectivity index (χ2v) is 10.9. The fraction of sp³-hybridized carbons (Fsp3) is 0.852. The number of ether oxygens (including phenoxy) is 5. The van der Waals surface area contributed by atoms with Crippen LogP contribution in [0.5, 0.6) is 0 Å². The number of rotatable bonds is 12. The van der Waals surface area contributed by atoms with Gasteiger partial charge in [-0.2, -0.15) is 0 Å². The van der Waals surface area contributed by atoms with E-state index in [9.17, 15) is 9.59 Å². The summed E-state index contributed by atoms with van der Waals surface area (Å²) in [5, 5.41) is 0. The van der Waals surface area contributed by atoms with Gasteiger partial charge in [0.25, 0.3) is 0 Å². The van der Waals surface area contributed by atoms with Crippen molar-refractivity contribution in [1.82, 2.24) is 0 Å². The number of hydrogen-bond donors (Lipinski definition) is 0. The molecule has 7 heteroatoms. The number of hydrogen-bond acceptors (Lipinski definition) is 7. The van der Waals surface area contributed by atoms with Gasteiger partial charge >= 0.3 is 5.97 Å². The SMILES string of the molecule is CCCCOCOC1C(C)CC[C@@]2(OCOCCCC)C13OC(=O)C[C@]2(C)[C@@H]1CC(=O)C(C)=C13. The van der Waals surface area contributed by atoms with Gasteiger partial charge in [0.2, 0.25) is 0 Å². The molecule has 0 aromatic carbocycles. The third-order valence-corrected chi connectivity index (χ3v) is 8.91. The molecule has 0 N–H and O–H groups in total. The molecule has 3 fully saturated rings. The zero-order chi connectivity index (χ0) is 24.6. The van der Waals surface area contributed by atoms with E-state index in [-0.39, 0.29) is 43.6 Å². The Bertz CT molecular complexity index is 822. The van der Waals surface area contributed by atoms with Gasteiger partial charge in [-0.3, -0.25) is 9.59 Å². The summed E-state index contributed by atoms with van der Waals surface area (Å²) in [7, 11) is 0. The predicted octanol–water partition coefficient (Wildman–Crippen LogP) is 4.72. The topological polar surface area (TPSA) is 80.3 Å². The number of allylic oxidation sites excluding steroid dienone is 1. The minimum atomic E-state index is -1.14. The lowest BCUT2D eigenvalue weighted by Crippen LogP contribution is -2.73. The van der Waals surface area contributed by atoms with Crippen molar-refractivity contribution in [3.05, 3.63) is 11.1 Å². The highest BCUT2D eigenvalue weighted by atomic mass is 16.7. The molecule has 2 bridgehead atoms. The molecule has 4 rings (SSSR count). The summed E-state index contributed by atoms with van der Waals surface area (Å²) in [6.07, 6.45) is 5.79. The first-order valence-corrected chi connectivity index (χ1v) is 13.2. The van der Waals surface area contributed by atoms with Crippen LogP contribution in [0.15, 0.2) is 11.1 Å². The van der Waals surface area contributed by atoms with E-state index in [1.807, 2.05) is 6.92 Å². The molecule has 6 atom stereocenters. The molecule has 4 aliphatic rings. The number of carbonyl (C=O) groups excluding carboxylic acids is 2. The zero-order valence-electron chi connectivity index (χ0n) is 21.6. The van der Waals surface area contributed by atoms with Crippen molar-refractivity contribution >= 4 is 11.8 Å². The van der Waals surface area contributed by atoms with Crippen LogP contribution in [0.4, 0.5) is 0 Å². The average molecular weight is 479 g/mol. The average Bonchev–Trinajstić information content (AvgIpc) is 3.14. The van der Waals surface area contributed by atoms with Crippen molar-refractivity contribution in [2.75, 3.05) is 26.8 Å². The van der Waals surface area contributed by atoms with Crippen LogP contribution in [-0.2, 0) is 33.3 Å². The van der Waals surface area contributed by atoms with E-state index in [1.165, 1.54) is 0 Å². The second kappa shape index (κ2) is 10.00. The smallest absolute Gasteiger partial charge is 0.307 e. The van der Waals surface area contributed by atoms with Gasteiger partial charge in [-0.1, -0.05) is 40.5 Å². The minimum Gasteiger partial charge on any atom is -0.448 e. The molecule has 0 radical (unpaired) electrons. The lowest BCUT2D eigenvalue weighted by molar-refractivity contribution is -0.320. The van der Waals surface area contributed by atoms with E-state index < -0.39 is 22.7 Å². The second-order valence-electron chi connectivity index (χ2n) is 10.9. The highest BCUT2D eigenvalue weighted by molar-refractivity contribution is 6.00. The van der Waals surface area contributed by atoms with Crippen LogP contribution in [0, 0.1) is 17.3 Å². The van der Waals surface area contributed by atoms with Crippen molar-refractivity contribution in [2.45, 2.75) is 103 Å². The Hall–Kier alpha value is -1.28. The molecule has 0 spiro atoms. The summed E-state index contributed by atoms with van der Waals surface area (Å²) in [6.45, 7) is 11.9. The van der Waals surface area contributed by atoms with E-state index in [0.717, 1.165) is 44.1 Å². The van der Waals surface area contributed by atoms with E-state index in [2.05, 4.69) is 27.7 Å². The van der Waals surface area contributed by atoms with Crippen LogP contribution >= 0.6 is 0 Å². The number of esters is 1. The van der Waals surface area contributed by atoms with Gasteiger partial charge in [0, 0.05) is 31.0 Å². The Labute approximate surface area is 203 Å². The molecule has 7 nitrogen and oxygen atoms in total. The van der Waals surface area contributed by atoms with Gasteiger partial charge in [0.15, 0.2) is 11.4 Å². The third kappa shape index (κ3) is 3.69. The Morgan fingerprint density at radius 2 is 1.74 bits per heavy atom. The Morgan fingerprint density at radius 1 is 1.06 bits per heavy atom. The Balaban J connectivity index is 1.75. The molecule has 3 unspecified atom stereocenters. The molecule has 34 heavy (non-hydrogen) atoms. The van der Waals surface area contributed by atoms with Gasteiger partial charge < -0.3 is 23.7 Å². The Morgan fingerprint density at radius 3 is 2.41 bits per heavy atom. The molecule has 1 heterocycles. The lowest BCUT2D eigenvalue weighted by Gasteiger charge is -2.60. The minimum absolute atomic E-state index is 0.0977. The van der Waals surface area contributed by atoms with Gasteiger partial charge in [0.1, 0.15) is 25.3 Å². The molecule has 0 amide bonds. The van der Waals surface area contributed by atoms with Gasteiger partial charge in [-0.25, -0.2) is 0 Å². The molecule has 0 aromatic heterocycles. The normalized spacial score (nSPS) is 38.8. The predicted molar refractivity (Wildman–Crippen MR) is 126 cm³/mol. The van der Waals surface area contributed by atoms with Crippen LogP contribution < -0.4 is 0 Å². The first-order valence-electron chi connectivity index (χ1n) is 13.2. The standard InChI is InChI=1S/C27H42O7/c1-6-8-12-30-16-32-24-18(3)10-11-26(33-17-31-13-9-7-2)25(5)15-22(29)34-27(24,26)23-19(4)21(28)14-20(23)25/h18,20,24H,6-17H2,1-5H3/t18?,20-,24?,25-,26+,27?/m1/s1. The van der Waals surface area contributed by atoms with E-state index in [0.29, 0.717) is 25.2 Å². The molecule has 2 saturated carbocycles. The third-order valence-electron chi connectivity index (χ3n) is 8.91. The zero-order valence-corrected chi connectivity index (χ0v) is 21.6. The molecular weight excluding hydrogens is 436 g/mol. The van der Waals surface area contributed by atoms with Crippen molar-refractivity contribution < 1.29 is 33.3 Å². The number of Topliss-reactive ketones (excluding diaryl/α,β-unsaturated/α-hetero) is 1. The van der Waals surface area contributed by atoms with Crippen LogP contribution in [0.3, 0.4) is 0 Å². The van der Waals surface area contributed by atoms with Gasteiger partial charge in [-0.05, 0) is 49.7 Å². The van der Waals surface area contributed by atoms with Gasteiger partial charge in [0.05, 0.1) is 6.42 Å². The maximum Gasteiger partial charge on any atom is 0.307 e. The van der Waals surface area contributed by atoms with Crippen LogP contribution in [0.1, 0.15) is 86.0 Å².